The number of rotatable bonds is 7. The number of anilines is 1. The highest BCUT2D eigenvalue weighted by Crippen LogP contribution is 2.22. The van der Waals surface area contributed by atoms with Gasteiger partial charge in [0.1, 0.15) is 5.82 Å². The van der Waals surface area contributed by atoms with Crippen molar-refractivity contribution in [2.24, 2.45) is 11.8 Å². The minimum Gasteiger partial charge on any atom is -0.381 e. The Kier molecular flexibility index (Phi) is 6.02. The normalized spacial score (nSPS) is 15.7. The number of aromatic nitrogens is 3. The molecule has 0 atom stereocenters. The van der Waals surface area contributed by atoms with Crippen LogP contribution in [0.25, 0.3) is 11.5 Å². The van der Waals surface area contributed by atoms with Crippen molar-refractivity contribution in [3.8, 4) is 11.5 Å². The summed E-state index contributed by atoms with van der Waals surface area (Å²) < 4.78 is 10.8. The molecular weight excluding hydrogens is 316 g/mol. The molecule has 25 heavy (non-hydrogen) atoms. The molecule has 0 bridgehead atoms. The minimum absolute atomic E-state index is 0.510. The third kappa shape index (κ3) is 5.01. The van der Waals surface area contributed by atoms with E-state index in [1.54, 1.807) is 0 Å². The van der Waals surface area contributed by atoms with Crippen LogP contribution < -0.4 is 4.90 Å². The fourth-order valence-electron chi connectivity index (χ4n) is 3.08. The molecule has 0 radical (unpaired) electrons. The van der Waals surface area contributed by atoms with Crippen molar-refractivity contribution in [1.82, 2.24) is 15.1 Å². The van der Waals surface area contributed by atoms with Crippen molar-refractivity contribution in [2.75, 3.05) is 31.7 Å². The molecule has 0 saturated carbocycles. The van der Waals surface area contributed by atoms with Crippen LogP contribution in [0.4, 0.5) is 5.82 Å². The fourth-order valence-corrected chi connectivity index (χ4v) is 3.08. The number of nitrogens with zero attached hydrogens (tertiary/aromatic N) is 4. The molecule has 3 rings (SSSR count). The summed E-state index contributed by atoms with van der Waals surface area (Å²) in [5.74, 6) is 3.54. The van der Waals surface area contributed by atoms with E-state index < -0.39 is 0 Å². The zero-order chi connectivity index (χ0) is 17.6. The Balaban J connectivity index is 1.56. The van der Waals surface area contributed by atoms with E-state index in [0.29, 0.717) is 11.8 Å². The molecule has 6 heteroatoms. The average Bonchev–Trinajstić information content (AvgIpc) is 3.08. The smallest absolute Gasteiger partial charge is 0.259 e. The summed E-state index contributed by atoms with van der Waals surface area (Å²) in [4.78, 5) is 11.2. The maximum atomic E-state index is 5.42. The van der Waals surface area contributed by atoms with Crippen LogP contribution in [0.1, 0.15) is 38.9 Å². The highest BCUT2D eigenvalue weighted by molar-refractivity contribution is 5.54. The largest absolute Gasteiger partial charge is 0.381 e. The van der Waals surface area contributed by atoms with E-state index in [2.05, 4.69) is 40.9 Å². The molecule has 2 aromatic rings. The quantitative estimate of drug-likeness (QED) is 0.765. The maximum absolute atomic E-state index is 5.42. The first-order chi connectivity index (χ1) is 12.1. The Labute approximate surface area is 149 Å². The van der Waals surface area contributed by atoms with Crippen molar-refractivity contribution in [3.63, 3.8) is 0 Å². The monoisotopic (exact) mass is 344 g/mol. The highest BCUT2D eigenvalue weighted by atomic mass is 16.5. The molecule has 0 aromatic carbocycles. The molecule has 1 fully saturated rings. The zero-order valence-electron chi connectivity index (χ0n) is 15.4. The zero-order valence-corrected chi connectivity index (χ0v) is 15.4. The molecule has 1 saturated heterocycles. The van der Waals surface area contributed by atoms with Crippen LogP contribution in [-0.4, -0.2) is 41.9 Å². The predicted octanol–water partition coefficient (Wildman–Crippen LogP) is 3.58. The first kappa shape index (κ1) is 17.9. The van der Waals surface area contributed by atoms with Crippen LogP contribution >= 0.6 is 0 Å². The van der Waals surface area contributed by atoms with Crippen molar-refractivity contribution < 1.29 is 9.26 Å². The molecule has 6 nitrogen and oxygen atoms in total. The van der Waals surface area contributed by atoms with Crippen LogP contribution in [0.15, 0.2) is 22.9 Å². The van der Waals surface area contributed by atoms with E-state index in [0.717, 1.165) is 49.3 Å². The van der Waals surface area contributed by atoms with Crippen molar-refractivity contribution in [2.45, 2.75) is 39.5 Å². The van der Waals surface area contributed by atoms with Gasteiger partial charge in [-0.2, -0.15) is 4.98 Å². The van der Waals surface area contributed by atoms with E-state index in [1.165, 1.54) is 19.3 Å². The number of hydrogen-bond donors (Lipinski definition) is 0. The lowest BCUT2D eigenvalue weighted by Gasteiger charge is -2.25. The molecule has 1 aliphatic heterocycles. The van der Waals surface area contributed by atoms with Crippen LogP contribution in [0.2, 0.25) is 0 Å². The number of hydrogen-bond acceptors (Lipinski definition) is 6. The van der Waals surface area contributed by atoms with Crippen LogP contribution in [0.3, 0.4) is 0 Å². The summed E-state index contributed by atoms with van der Waals surface area (Å²) in [5, 5.41) is 4.04. The number of ether oxygens (including phenoxy) is 1. The molecule has 0 N–H and O–H groups in total. The predicted molar refractivity (Wildman–Crippen MR) is 97.5 cm³/mol. The van der Waals surface area contributed by atoms with Gasteiger partial charge in [0.25, 0.3) is 5.89 Å². The van der Waals surface area contributed by atoms with E-state index >= 15 is 0 Å². The summed E-state index contributed by atoms with van der Waals surface area (Å²) in [6, 6.07) is 4.02. The Morgan fingerprint density at radius 1 is 1.24 bits per heavy atom. The Morgan fingerprint density at radius 3 is 2.72 bits per heavy atom. The van der Waals surface area contributed by atoms with E-state index in [9.17, 15) is 0 Å². The van der Waals surface area contributed by atoms with E-state index in [1.807, 2.05) is 18.3 Å². The average molecular weight is 344 g/mol. The van der Waals surface area contributed by atoms with Crippen LogP contribution in [-0.2, 0) is 11.2 Å². The topological polar surface area (TPSA) is 64.3 Å². The highest BCUT2D eigenvalue weighted by Gasteiger charge is 2.15. The summed E-state index contributed by atoms with van der Waals surface area (Å²) in [5.41, 5.74) is 0.865. The molecule has 0 aliphatic carbocycles. The third-order valence-electron chi connectivity index (χ3n) is 4.66. The van der Waals surface area contributed by atoms with Crippen molar-refractivity contribution in [1.29, 1.82) is 0 Å². The summed E-state index contributed by atoms with van der Waals surface area (Å²) in [6.07, 6.45) is 6.18. The van der Waals surface area contributed by atoms with Gasteiger partial charge in [0, 0.05) is 39.4 Å². The molecule has 1 aliphatic rings. The lowest BCUT2D eigenvalue weighted by molar-refractivity contribution is 0.0645. The summed E-state index contributed by atoms with van der Waals surface area (Å²) in [7, 11) is 2.09. The lowest BCUT2D eigenvalue weighted by Crippen LogP contribution is -2.24. The number of pyridine rings is 1. The van der Waals surface area contributed by atoms with Gasteiger partial charge < -0.3 is 14.2 Å². The van der Waals surface area contributed by atoms with Gasteiger partial charge in [0.2, 0.25) is 0 Å². The van der Waals surface area contributed by atoms with Crippen LogP contribution in [0.5, 0.6) is 0 Å². The van der Waals surface area contributed by atoms with Gasteiger partial charge in [-0.25, -0.2) is 4.98 Å². The molecule has 2 aromatic heterocycles. The van der Waals surface area contributed by atoms with E-state index in [4.69, 9.17) is 9.26 Å². The van der Waals surface area contributed by atoms with Gasteiger partial charge in [0.05, 0.1) is 5.56 Å². The second-order valence-electron chi connectivity index (χ2n) is 7.28. The summed E-state index contributed by atoms with van der Waals surface area (Å²) >= 11 is 0. The second kappa shape index (κ2) is 8.43. The molecule has 136 valence electrons. The lowest BCUT2D eigenvalue weighted by atomic mass is 9.96. The van der Waals surface area contributed by atoms with Gasteiger partial charge in [-0.15, -0.1) is 0 Å². The molecule has 0 spiro atoms. The van der Waals surface area contributed by atoms with Gasteiger partial charge in [0.15, 0.2) is 5.82 Å². The second-order valence-corrected chi connectivity index (χ2v) is 7.28. The standard InChI is InChI=1S/C19H28N4O2/c1-14(2)12-17-21-19(25-22-17)16-4-5-18(20-13-16)23(3)9-6-15-7-10-24-11-8-15/h4-5,13-15H,6-12H2,1-3H3. The Bertz CT molecular complexity index is 648. The fraction of sp³-hybridized carbons (Fsp3) is 0.632. The van der Waals surface area contributed by atoms with Gasteiger partial charge in [-0.3, -0.25) is 0 Å². The van der Waals surface area contributed by atoms with Gasteiger partial charge >= 0.3 is 0 Å². The Hall–Kier alpha value is -1.95. The SMILES string of the molecule is CC(C)Cc1noc(-c2ccc(N(C)CCC3CCOCC3)nc2)n1. The summed E-state index contributed by atoms with van der Waals surface area (Å²) in [6.45, 7) is 7.11. The van der Waals surface area contributed by atoms with Gasteiger partial charge in [-0.05, 0) is 43.2 Å². The van der Waals surface area contributed by atoms with Crippen molar-refractivity contribution in [3.05, 3.63) is 24.2 Å². The van der Waals surface area contributed by atoms with Crippen molar-refractivity contribution >= 4 is 5.82 Å². The first-order valence-corrected chi connectivity index (χ1v) is 9.19. The minimum atomic E-state index is 0.510. The van der Waals surface area contributed by atoms with E-state index in [-0.39, 0.29) is 0 Å². The Morgan fingerprint density at radius 2 is 2.04 bits per heavy atom. The molecular formula is C19H28N4O2. The maximum Gasteiger partial charge on any atom is 0.259 e. The molecule has 0 unspecified atom stereocenters. The third-order valence-corrected chi connectivity index (χ3v) is 4.66. The van der Waals surface area contributed by atoms with Crippen LogP contribution in [0, 0.1) is 11.8 Å². The molecule has 0 amide bonds. The van der Waals surface area contributed by atoms with Gasteiger partial charge in [-0.1, -0.05) is 19.0 Å². The molecule has 3 heterocycles. The first-order valence-electron chi connectivity index (χ1n) is 9.19.